The second-order valence-electron chi connectivity index (χ2n) is 11.3. The Kier molecular flexibility index (Phi) is 10.8. The normalized spacial score (nSPS) is 12.9. The third-order valence-electron chi connectivity index (χ3n) is 7.78. The number of rotatable bonds is 15. The Morgan fingerprint density at radius 3 is 0.857 bits per heavy atom. The Morgan fingerprint density at radius 1 is 0.357 bits per heavy atom. The lowest BCUT2D eigenvalue weighted by molar-refractivity contribution is -0.429. The molecule has 0 bridgehead atoms. The van der Waals surface area contributed by atoms with Gasteiger partial charge in [-0.15, -0.1) is 0 Å². The van der Waals surface area contributed by atoms with Crippen molar-refractivity contribution in [1.29, 1.82) is 0 Å². The van der Waals surface area contributed by atoms with Crippen LogP contribution in [0.15, 0.2) is 84.9 Å². The molecule has 22 heteroatoms. The number of hydrogen-bond acceptors (Lipinski definition) is 6. The number of hydrogen-bond donors (Lipinski definition) is 4. The maximum atomic E-state index is 14.9. The average Bonchev–Trinajstić information content (AvgIpc) is 3.11. The van der Waals surface area contributed by atoms with E-state index in [2.05, 4.69) is 0 Å². The van der Waals surface area contributed by atoms with Gasteiger partial charge >= 0.3 is 59.4 Å². The molecule has 0 unspecified atom stereocenters. The molecule has 4 rings (SSSR count). The summed E-state index contributed by atoms with van der Waals surface area (Å²) in [6, 6.07) is 5.26. The van der Waals surface area contributed by atoms with Crippen molar-refractivity contribution in [3.63, 3.8) is 0 Å². The second-order valence-corrected chi connectivity index (χ2v) is 11.3. The van der Waals surface area contributed by atoms with Gasteiger partial charge in [-0.2, -0.15) is 52.7 Å². The Bertz CT molecular complexity index is 2030. The largest absolute Gasteiger partial charge is 0.478 e. The molecule has 0 aromatic heterocycles. The minimum absolute atomic E-state index is 0.124. The van der Waals surface area contributed by atoms with Crippen LogP contribution in [0, 0.1) is 0 Å². The van der Waals surface area contributed by atoms with Gasteiger partial charge in [-0.05, 0) is 84.9 Å². The topological polar surface area (TPSA) is 168 Å². The average molecular weight is 814 g/mol. The van der Waals surface area contributed by atoms with Gasteiger partial charge in [0.15, 0.2) is 0 Å². The minimum Gasteiger partial charge on any atom is -0.478 e. The highest BCUT2D eigenvalue weighted by atomic mass is 19.4. The molecule has 4 N–H and O–H groups in total. The molecule has 10 nitrogen and oxygen atoms in total. The zero-order valence-corrected chi connectivity index (χ0v) is 26.9. The van der Waals surface area contributed by atoms with Crippen LogP contribution >= 0.6 is 0 Å². The van der Waals surface area contributed by atoms with Gasteiger partial charge in [0.05, 0.1) is 22.3 Å². The van der Waals surface area contributed by atoms with Crippen molar-refractivity contribution in [3.8, 4) is 23.0 Å². The highest BCUT2D eigenvalue weighted by Crippen LogP contribution is 2.63. The molecular weight excluding hydrogens is 796 g/mol. The molecule has 56 heavy (non-hydrogen) atoms. The number of carbonyl (C=O) groups is 4. The van der Waals surface area contributed by atoms with Gasteiger partial charge in [-0.3, -0.25) is 0 Å². The Morgan fingerprint density at radius 2 is 0.607 bits per heavy atom. The maximum Gasteiger partial charge on any atom is 0.385 e. The zero-order chi connectivity index (χ0) is 42.4. The fourth-order valence-corrected chi connectivity index (χ4v) is 4.79. The molecule has 4 aromatic carbocycles. The molecule has 4 aromatic rings. The van der Waals surface area contributed by atoms with Gasteiger partial charge in [-0.1, -0.05) is 0 Å². The lowest BCUT2D eigenvalue weighted by atomic mass is 9.87. The van der Waals surface area contributed by atoms with Crippen LogP contribution in [0.1, 0.15) is 52.6 Å². The number of halogens is 12. The molecule has 0 fully saturated rings. The van der Waals surface area contributed by atoms with Crippen molar-refractivity contribution in [2.75, 3.05) is 0 Å². The van der Waals surface area contributed by atoms with Crippen molar-refractivity contribution in [2.24, 2.45) is 0 Å². The molecule has 0 amide bonds. The van der Waals surface area contributed by atoms with E-state index in [0.29, 0.717) is 36.4 Å². The molecule has 298 valence electrons. The first-order chi connectivity index (χ1) is 25.6. The van der Waals surface area contributed by atoms with E-state index >= 15 is 0 Å². The minimum atomic E-state index is -7.93. The molecule has 0 aliphatic heterocycles. The summed E-state index contributed by atoms with van der Waals surface area (Å²) in [7, 11) is 0. The summed E-state index contributed by atoms with van der Waals surface area (Å²) in [5.41, 5.74) is -7.61. The number of benzene rings is 4. The van der Waals surface area contributed by atoms with Crippen LogP contribution < -0.4 is 9.47 Å². The zero-order valence-electron chi connectivity index (χ0n) is 26.9. The SMILES string of the molecule is O=C(O)c1ccc(Oc2ccc(C(F)(F)C(F)(F)C(F)(F)C(F)(F)C(F)(F)C(F)(F)c3ccc(Oc4ccc(C(=O)O)c(C(=O)O)c4)cc3)cc2)cc1C(=O)O. The molecule has 0 saturated heterocycles. The van der Waals surface area contributed by atoms with E-state index in [1.807, 2.05) is 0 Å². The van der Waals surface area contributed by atoms with Crippen molar-refractivity contribution >= 4 is 23.9 Å². The second kappa shape index (κ2) is 14.3. The van der Waals surface area contributed by atoms with Gasteiger partial charge in [0, 0.05) is 11.1 Å². The molecule has 0 spiro atoms. The lowest BCUT2D eigenvalue weighted by Gasteiger charge is -2.41. The van der Waals surface area contributed by atoms with Gasteiger partial charge in [-0.25, -0.2) is 19.2 Å². The van der Waals surface area contributed by atoms with E-state index in [0.717, 1.165) is 24.3 Å². The van der Waals surface area contributed by atoms with Crippen LogP contribution in [-0.2, 0) is 11.8 Å². The number of aromatic carboxylic acids is 4. The first-order valence-corrected chi connectivity index (χ1v) is 14.7. The highest BCUT2D eigenvalue weighted by molar-refractivity contribution is 6.02. The number of carboxylic acid groups (broad SMARTS) is 4. The number of alkyl halides is 12. The smallest absolute Gasteiger partial charge is 0.385 e. The van der Waals surface area contributed by atoms with E-state index in [4.69, 9.17) is 29.9 Å². The molecule has 0 saturated carbocycles. The van der Waals surface area contributed by atoms with Gasteiger partial charge in [0.1, 0.15) is 23.0 Å². The van der Waals surface area contributed by atoms with Crippen LogP contribution in [0.2, 0.25) is 0 Å². The first-order valence-electron chi connectivity index (χ1n) is 14.7. The van der Waals surface area contributed by atoms with E-state index in [1.54, 1.807) is 0 Å². The summed E-state index contributed by atoms with van der Waals surface area (Å²) in [5.74, 6) is -53.1. The van der Waals surface area contributed by atoms with Crippen LogP contribution in [0.5, 0.6) is 23.0 Å². The van der Waals surface area contributed by atoms with Gasteiger partial charge in [0.2, 0.25) is 0 Å². The number of ether oxygens (including phenoxy) is 2. The van der Waals surface area contributed by atoms with E-state index < -0.39 is 116 Å². The summed E-state index contributed by atoms with van der Waals surface area (Å²) in [6.45, 7) is 0. The number of carboxylic acids is 4. The maximum absolute atomic E-state index is 14.9. The quantitative estimate of drug-likeness (QED) is 0.0849. The molecule has 0 atom stereocenters. The van der Waals surface area contributed by atoms with Crippen LogP contribution in [0.25, 0.3) is 0 Å². The summed E-state index contributed by atoms with van der Waals surface area (Å²) in [4.78, 5) is 45.0. The predicted octanol–water partition coefficient (Wildman–Crippen LogP) is 9.49. The first kappa shape index (κ1) is 42.3. The van der Waals surface area contributed by atoms with E-state index in [9.17, 15) is 71.9 Å². The third-order valence-corrected chi connectivity index (χ3v) is 7.78. The van der Waals surface area contributed by atoms with Crippen molar-refractivity contribution < 1.29 is 102 Å². The Labute approximate surface area is 302 Å². The standard InChI is InChI=1S/C34H18F12O10/c35-29(36,15-1-5-17(6-2-15)55-19-9-11-21(25(47)48)23(13-19)27(51)52)31(39,40)33(43,44)34(45,46)32(41,42)30(37,38)16-3-7-18(8-4-16)56-20-10-12-22(26(49)50)24(14-20)28(53)54/h1-14H,(H,47,48)(H,49,50)(H,51,52)(H,53,54). The molecule has 0 radical (unpaired) electrons. The van der Waals surface area contributed by atoms with E-state index in [-0.39, 0.29) is 24.3 Å². The van der Waals surface area contributed by atoms with Crippen LogP contribution in [0.4, 0.5) is 52.7 Å². The van der Waals surface area contributed by atoms with Gasteiger partial charge < -0.3 is 29.9 Å². The van der Waals surface area contributed by atoms with Crippen molar-refractivity contribution in [3.05, 3.63) is 118 Å². The molecule has 0 heterocycles. The third kappa shape index (κ3) is 7.08. The van der Waals surface area contributed by atoms with Crippen LogP contribution in [-0.4, -0.2) is 68.0 Å². The Balaban J connectivity index is 1.59. The molecular formula is C34H18F12O10. The van der Waals surface area contributed by atoms with E-state index in [1.165, 1.54) is 0 Å². The summed E-state index contributed by atoms with van der Waals surface area (Å²) >= 11 is 0. The highest BCUT2D eigenvalue weighted by Gasteiger charge is 2.90. The van der Waals surface area contributed by atoms with Gasteiger partial charge in [0.25, 0.3) is 0 Å². The van der Waals surface area contributed by atoms with Crippen molar-refractivity contribution in [1.82, 2.24) is 0 Å². The molecule has 0 aliphatic carbocycles. The summed E-state index contributed by atoms with van der Waals surface area (Å²) in [5, 5.41) is 36.4. The predicted molar refractivity (Wildman–Crippen MR) is 161 cm³/mol. The Hall–Kier alpha value is -6.48. The van der Waals surface area contributed by atoms with Crippen molar-refractivity contribution in [2.45, 2.75) is 35.5 Å². The fraction of sp³-hybridized carbons (Fsp3) is 0.176. The summed E-state index contributed by atoms with van der Waals surface area (Å²) < 4.78 is 188. The fourth-order valence-electron chi connectivity index (χ4n) is 4.79. The van der Waals surface area contributed by atoms with Crippen LogP contribution in [0.3, 0.4) is 0 Å². The molecule has 0 aliphatic rings. The monoisotopic (exact) mass is 814 g/mol. The summed E-state index contributed by atoms with van der Waals surface area (Å²) in [6.07, 6.45) is 0. The lowest BCUT2D eigenvalue weighted by Crippen LogP contribution is -2.69.